The van der Waals surface area contributed by atoms with Crippen molar-refractivity contribution in [3.05, 3.63) is 53.0 Å². The summed E-state index contributed by atoms with van der Waals surface area (Å²) in [6.45, 7) is 3.23. The number of aryl methyl sites for hydroxylation is 1. The number of hydrogen-bond donors (Lipinski definition) is 1. The molecule has 8 heteroatoms. The van der Waals surface area contributed by atoms with E-state index in [0.717, 1.165) is 0 Å². The fourth-order valence-corrected chi connectivity index (χ4v) is 3.18. The van der Waals surface area contributed by atoms with Crippen LogP contribution in [0, 0.1) is 0 Å². The Kier molecular flexibility index (Phi) is 5.67. The van der Waals surface area contributed by atoms with Crippen molar-refractivity contribution in [1.82, 2.24) is 9.80 Å². The number of ether oxygens (including phenoxy) is 1. The molecule has 0 saturated carbocycles. The van der Waals surface area contributed by atoms with E-state index in [0.29, 0.717) is 43.9 Å². The molecule has 1 aromatic heterocycles. The van der Waals surface area contributed by atoms with E-state index in [-0.39, 0.29) is 28.9 Å². The summed E-state index contributed by atoms with van der Waals surface area (Å²) in [5.41, 5.74) is 0.543. The lowest BCUT2D eigenvalue weighted by atomic mass is 10.1. The second-order valence-corrected chi connectivity index (χ2v) is 6.42. The largest absolute Gasteiger partial charge is 0.497 e. The first-order valence-corrected chi connectivity index (χ1v) is 9.03. The number of aromatic carboxylic acids is 1. The van der Waals surface area contributed by atoms with Crippen molar-refractivity contribution in [1.29, 1.82) is 0 Å². The molecule has 0 atom stereocenters. The van der Waals surface area contributed by atoms with E-state index in [1.807, 2.05) is 0 Å². The number of nitrogens with zero attached hydrogens (tertiary/aromatic N) is 2. The Labute approximate surface area is 162 Å². The molecule has 2 heterocycles. The van der Waals surface area contributed by atoms with Crippen LogP contribution in [-0.2, 0) is 6.42 Å². The van der Waals surface area contributed by atoms with Crippen molar-refractivity contribution in [2.24, 2.45) is 0 Å². The van der Waals surface area contributed by atoms with Gasteiger partial charge in [0.2, 0.25) is 0 Å². The van der Waals surface area contributed by atoms with Crippen molar-refractivity contribution in [2.75, 3.05) is 33.3 Å². The summed E-state index contributed by atoms with van der Waals surface area (Å²) < 4.78 is 10.6. The highest BCUT2D eigenvalue weighted by Crippen LogP contribution is 2.20. The van der Waals surface area contributed by atoms with Gasteiger partial charge < -0.3 is 24.1 Å². The highest BCUT2D eigenvalue weighted by molar-refractivity contribution is 5.97. The molecule has 0 spiro atoms. The fourth-order valence-electron chi connectivity index (χ4n) is 3.18. The Balaban J connectivity index is 1.65. The molecule has 1 saturated heterocycles. The minimum atomic E-state index is -1.12. The summed E-state index contributed by atoms with van der Waals surface area (Å²) in [5, 5.41) is 9.21. The zero-order chi connectivity index (χ0) is 20.3. The van der Waals surface area contributed by atoms with Crippen LogP contribution in [0.25, 0.3) is 0 Å². The molecule has 0 radical (unpaired) electrons. The third kappa shape index (κ3) is 3.85. The molecule has 2 amide bonds. The van der Waals surface area contributed by atoms with Gasteiger partial charge in [-0.1, -0.05) is 13.0 Å². The lowest BCUT2D eigenvalue weighted by Gasteiger charge is -2.34. The molecule has 1 N–H and O–H groups in total. The highest BCUT2D eigenvalue weighted by atomic mass is 16.5. The number of carbonyl (C=O) groups excluding carboxylic acids is 2. The second kappa shape index (κ2) is 8.16. The number of piperazine rings is 1. The van der Waals surface area contributed by atoms with Crippen LogP contribution in [0.2, 0.25) is 0 Å². The van der Waals surface area contributed by atoms with E-state index in [2.05, 4.69) is 0 Å². The summed E-state index contributed by atoms with van der Waals surface area (Å²) in [6, 6.07) is 8.21. The Hall–Kier alpha value is -3.29. The minimum Gasteiger partial charge on any atom is -0.497 e. The molecule has 1 aliphatic heterocycles. The van der Waals surface area contributed by atoms with E-state index in [1.165, 1.54) is 6.07 Å². The minimum absolute atomic E-state index is 0.0117. The van der Waals surface area contributed by atoms with Gasteiger partial charge in [-0.25, -0.2) is 4.79 Å². The first kappa shape index (κ1) is 19.5. The molecule has 1 aromatic carbocycles. The number of benzene rings is 1. The average Bonchev–Trinajstić information content (AvgIpc) is 3.17. The van der Waals surface area contributed by atoms with E-state index in [9.17, 15) is 19.5 Å². The molecule has 0 aliphatic carbocycles. The monoisotopic (exact) mass is 386 g/mol. The molecule has 3 rings (SSSR count). The third-order valence-corrected chi connectivity index (χ3v) is 4.74. The van der Waals surface area contributed by atoms with E-state index >= 15 is 0 Å². The van der Waals surface area contributed by atoms with Gasteiger partial charge in [0.25, 0.3) is 11.8 Å². The van der Waals surface area contributed by atoms with Crippen LogP contribution >= 0.6 is 0 Å². The predicted octanol–water partition coefficient (Wildman–Crippen LogP) is 2.15. The quantitative estimate of drug-likeness (QED) is 0.845. The molecule has 8 nitrogen and oxygen atoms in total. The van der Waals surface area contributed by atoms with Crippen LogP contribution in [0.3, 0.4) is 0 Å². The van der Waals surface area contributed by atoms with Gasteiger partial charge in [0, 0.05) is 44.2 Å². The lowest BCUT2D eigenvalue weighted by Crippen LogP contribution is -2.50. The summed E-state index contributed by atoms with van der Waals surface area (Å²) in [6.07, 6.45) is 0.387. The Bertz CT molecular complexity index is 896. The first-order valence-electron chi connectivity index (χ1n) is 9.03. The van der Waals surface area contributed by atoms with Crippen LogP contribution in [0.4, 0.5) is 0 Å². The maximum atomic E-state index is 12.7. The standard InChI is InChI=1S/C20H22N2O6/c1-3-16-15(20(25)26)12-17(28-16)19(24)22-9-7-21(8-10-22)18(23)13-5-4-6-14(11-13)27-2/h4-6,11-12H,3,7-10H2,1-2H3,(H,25,26). The van der Waals surface area contributed by atoms with E-state index in [1.54, 1.807) is 48.1 Å². The molecular formula is C20H22N2O6. The first-order chi connectivity index (χ1) is 13.4. The molecule has 0 bridgehead atoms. The SMILES string of the molecule is CCc1oc(C(=O)N2CCN(C(=O)c3cccc(OC)c3)CC2)cc1C(=O)O. The van der Waals surface area contributed by atoms with Crippen LogP contribution in [0.15, 0.2) is 34.7 Å². The third-order valence-electron chi connectivity index (χ3n) is 4.74. The Morgan fingerprint density at radius 2 is 1.71 bits per heavy atom. The van der Waals surface area contributed by atoms with Gasteiger partial charge in [0.15, 0.2) is 5.76 Å². The van der Waals surface area contributed by atoms with Crippen molar-refractivity contribution < 1.29 is 28.6 Å². The van der Waals surface area contributed by atoms with Gasteiger partial charge in [-0.2, -0.15) is 0 Å². The van der Waals surface area contributed by atoms with E-state index < -0.39 is 5.97 Å². The number of carboxylic acid groups (broad SMARTS) is 1. The second-order valence-electron chi connectivity index (χ2n) is 6.42. The van der Waals surface area contributed by atoms with Gasteiger partial charge in [-0.15, -0.1) is 0 Å². The number of methoxy groups -OCH3 is 1. The van der Waals surface area contributed by atoms with Crippen molar-refractivity contribution >= 4 is 17.8 Å². The number of rotatable bonds is 5. The molecule has 28 heavy (non-hydrogen) atoms. The highest BCUT2D eigenvalue weighted by Gasteiger charge is 2.28. The Morgan fingerprint density at radius 1 is 1.07 bits per heavy atom. The van der Waals surface area contributed by atoms with Gasteiger partial charge in [0.05, 0.1) is 7.11 Å². The topological polar surface area (TPSA) is 100 Å². The van der Waals surface area contributed by atoms with Crippen LogP contribution in [-0.4, -0.2) is 66.0 Å². The van der Waals surface area contributed by atoms with Crippen molar-refractivity contribution in [2.45, 2.75) is 13.3 Å². The van der Waals surface area contributed by atoms with E-state index in [4.69, 9.17) is 9.15 Å². The van der Waals surface area contributed by atoms with Gasteiger partial charge in [-0.3, -0.25) is 9.59 Å². The molecule has 148 valence electrons. The van der Waals surface area contributed by atoms with Crippen LogP contribution in [0.1, 0.15) is 44.0 Å². The van der Waals surface area contributed by atoms with Gasteiger partial charge in [-0.05, 0) is 18.2 Å². The number of carbonyl (C=O) groups is 3. The lowest BCUT2D eigenvalue weighted by molar-refractivity contribution is 0.0517. The maximum absolute atomic E-state index is 12.7. The normalized spacial score (nSPS) is 14.1. The molecule has 0 unspecified atom stereocenters. The average molecular weight is 386 g/mol. The van der Waals surface area contributed by atoms with Gasteiger partial charge >= 0.3 is 5.97 Å². The molecule has 1 fully saturated rings. The summed E-state index contributed by atoms with van der Waals surface area (Å²) in [5.74, 6) is -0.697. The summed E-state index contributed by atoms with van der Waals surface area (Å²) in [4.78, 5) is 39.8. The maximum Gasteiger partial charge on any atom is 0.339 e. The van der Waals surface area contributed by atoms with Crippen LogP contribution in [0.5, 0.6) is 5.75 Å². The van der Waals surface area contributed by atoms with Crippen molar-refractivity contribution in [3.63, 3.8) is 0 Å². The molecule has 2 aromatic rings. The van der Waals surface area contributed by atoms with Gasteiger partial charge in [0.1, 0.15) is 17.1 Å². The number of carboxylic acids is 1. The molecular weight excluding hydrogens is 364 g/mol. The summed E-state index contributed by atoms with van der Waals surface area (Å²) in [7, 11) is 1.54. The number of furan rings is 1. The number of hydrogen-bond acceptors (Lipinski definition) is 5. The smallest absolute Gasteiger partial charge is 0.339 e. The number of amides is 2. The fraction of sp³-hybridized carbons (Fsp3) is 0.350. The Morgan fingerprint density at radius 3 is 2.25 bits per heavy atom. The zero-order valence-electron chi connectivity index (χ0n) is 15.8. The predicted molar refractivity (Wildman–Crippen MR) is 99.8 cm³/mol. The van der Waals surface area contributed by atoms with Crippen LogP contribution < -0.4 is 4.74 Å². The summed E-state index contributed by atoms with van der Waals surface area (Å²) >= 11 is 0. The molecule has 1 aliphatic rings. The zero-order valence-corrected chi connectivity index (χ0v) is 15.8. The van der Waals surface area contributed by atoms with Crippen molar-refractivity contribution in [3.8, 4) is 5.75 Å².